The van der Waals surface area contributed by atoms with E-state index in [1.54, 1.807) is 6.92 Å². The highest BCUT2D eigenvalue weighted by Crippen LogP contribution is 2.33. The molecule has 1 aromatic carbocycles. The molecular formula is C22H32O4. The van der Waals surface area contributed by atoms with Crippen molar-refractivity contribution in [1.82, 2.24) is 0 Å². The Balaban J connectivity index is 1.44. The third-order valence-corrected chi connectivity index (χ3v) is 5.20. The van der Waals surface area contributed by atoms with Crippen LogP contribution < -0.4 is 0 Å². The van der Waals surface area contributed by atoms with Crippen molar-refractivity contribution >= 4 is 5.97 Å². The van der Waals surface area contributed by atoms with E-state index in [9.17, 15) is 15.0 Å². The van der Waals surface area contributed by atoms with Gasteiger partial charge in [-0.1, -0.05) is 57.2 Å². The van der Waals surface area contributed by atoms with E-state index in [0.717, 1.165) is 37.7 Å². The first kappa shape index (κ1) is 20.3. The predicted molar refractivity (Wildman–Crippen MR) is 103 cm³/mol. The van der Waals surface area contributed by atoms with Gasteiger partial charge in [0.15, 0.2) is 11.5 Å². The van der Waals surface area contributed by atoms with Crippen LogP contribution in [0.25, 0.3) is 0 Å². The van der Waals surface area contributed by atoms with Crippen molar-refractivity contribution in [2.24, 2.45) is 0 Å². The molecule has 4 heteroatoms. The van der Waals surface area contributed by atoms with Crippen LogP contribution in [0.15, 0.2) is 24.3 Å². The minimum atomic E-state index is -0.218. The summed E-state index contributed by atoms with van der Waals surface area (Å²) in [6.07, 6.45) is 11.9. The number of carbonyl (C=O) groups is 1. The Morgan fingerprint density at radius 2 is 1.62 bits per heavy atom. The molecule has 0 amide bonds. The number of aryl methyl sites for hydroxylation is 2. The number of benzene rings is 1. The molecule has 0 saturated carbocycles. The van der Waals surface area contributed by atoms with Crippen LogP contribution in [0.5, 0.6) is 11.5 Å². The quantitative estimate of drug-likeness (QED) is 0.242. The summed E-state index contributed by atoms with van der Waals surface area (Å²) in [7, 11) is 0. The maximum atomic E-state index is 11.2. The average molecular weight is 360 g/mol. The van der Waals surface area contributed by atoms with Crippen LogP contribution in [0.1, 0.15) is 75.3 Å². The lowest BCUT2D eigenvalue weighted by Gasteiger charge is -2.09. The summed E-state index contributed by atoms with van der Waals surface area (Å²) in [5.74, 6) is -0.162. The van der Waals surface area contributed by atoms with Gasteiger partial charge in [0.05, 0.1) is 0 Å². The molecule has 2 rings (SSSR count). The van der Waals surface area contributed by atoms with Gasteiger partial charge in [0.25, 0.3) is 0 Å². The smallest absolute Gasteiger partial charge is 0.333 e. The highest BCUT2D eigenvalue weighted by molar-refractivity contribution is 5.89. The predicted octanol–water partition coefficient (Wildman–Crippen LogP) is 5.33. The van der Waals surface area contributed by atoms with E-state index in [1.807, 2.05) is 12.1 Å². The summed E-state index contributed by atoms with van der Waals surface area (Å²) in [5, 5.41) is 19.7. The summed E-state index contributed by atoms with van der Waals surface area (Å²) in [6.45, 7) is 5.50. The van der Waals surface area contributed by atoms with Gasteiger partial charge in [0.1, 0.15) is 6.10 Å². The number of ether oxygens (including phenoxy) is 1. The zero-order valence-corrected chi connectivity index (χ0v) is 15.9. The second kappa shape index (κ2) is 10.2. The number of hydrogen-bond acceptors (Lipinski definition) is 4. The maximum absolute atomic E-state index is 11.2. The van der Waals surface area contributed by atoms with Crippen molar-refractivity contribution < 1.29 is 19.7 Å². The number of rotatable bonds is 11. The molecule has 1 aliphatic heterocycles. The standard InChI is InChI=1S/C22H32O4/c1-16-13-14-18(21(24)20(16)23)11-9-7-5-3-4-6-8-10-12-19-15-17(2)22(25)26-19/h13-14,19,23-24H,2-12,15H2,1H3. The molecule has 26 heavy (non-hydrogen) atoms. The lowest BCUT2D eigenvalue weighted by molar-refractivity contribution is -0.139. The second-order valence-electron chi connectivity index (χ2n) is 7.44. The van der Waals surface area contributed by atoms with E-state index in [4.69, 9.17) is 4.74 Å². The molecule has 144 valence electrons. The third kappa shape index (κ3) is 6.08. The van der Waals surface area contributed by atoms with Crippen LogP contribution >= 0.6 is 0 Å². The van der Waals surface area contributed by atoms with Gasteiger partial charge in [-0.25, -0.2) is 4.79 Å². The number of cyclic esters (lactones) is 1. The van der Waals surface area contributed by atoms with Crippen LogP contribution in [0.2, 0.25) is 0 Å². The van der Waals surface area contributed by atoms with Gasteiger partial charge in [0.2, 0.25) is 0 Å². The Hall–Kier alpha value is -1.97. The highest BCUT2D eigenvalue weighted by Gasteiger charge is 2.26. The van der Waals surface area contributed by atoms with Crippen LogP contribution in [-0.2, 0) is 16.0 Å². The Morgan fingerprint density at radius 3 is 2.23 bits per heavy atom. The van der Waals surface area contributed by atoms with Crippen molar-refractivity contribution in [3.63, 3.8) is 0 Å². The van der Waals surface area contributed by atoms with Gasteiger partial charge in [-0.15, -0.1) is 0 Å². The number of hydrogen-bond donors (Lipinski definition) is 2. The van der Waals surface area contributed by atoms with Crippen LogP contribution in [-0.4, -0.2) is 22.3 Å². The summed E-state index contributed by atoms with van der Waals surface area (Å²) in [5.41, 5.74) is 2.16. The molecule has 0 bridgehead atoms. The monoisotopic (exact) mass is 360 g/mol. The molecule has 1 aliphatic rings. The van der Waals surface area contributed by atoms with Gasteiger partial charge in [-0.2, -0.15) is 0 Å². The van der Waals surface area contributed by atoms with Crippen molar-refractivity contribution in [1.29, 1.82) is 0 Å². The number of esters is 1. The Morgan fingerprint density at radius 1 is 1.00 bits per heavy atom. The molecule has 0 spiro atoms. The van der Waals surface area contributed by atoms with Crippen molar-refractivity contribution in [2.45, 2.75) is 83.7 Å². The lowest BCUT2D eigenvalue weighted by Crippen LogP contribution is -2.06. The zero-order chi connectivity index (χ0) is 18.9. The van der Waals surface area contributed by atoms with E-state index < -0.39 is 0 Å². The molecule has 0 aromatic heterocycles. The third-order valence-electron chi connectivity index (χ3n) is 5.20. The fourth-order valence-corrected chi connectivity index (χ4v) is 3.47. The lowest BCUT2D eigenvalue weighted by atomic mass is 10.0. The Bertz CT molecular complexity index is 605. The number of phenols is 2. The van der Waals surface area contributed by atoms with E-state index >= 15 is 0 Å². The molecule has 1 aromatic rings. The number of phenolic OH excluding ortho intramolecular Hbond substituents is 2. The molecule has 1 unspecified atom stereocenters. The van der Waals surface area contributed by atoms with Crippen LogP contribution in [0.4, 0.5) is 0 Å². The molecular weight excluding hydrogens is 328 g/mol. The van der Waals surface area contributed by atoms with Crippen molar-refractivity contribution in [3.8, 4) is 11.5 Å². The Labute approximate surface area is 156 Å². The van der Waals surface area contributed by atoms with E-state index in [-0.39, 0.29) is 23.6 Å². The van der Waals surface area contributed by atoms with Gasteiger partial charge in [-0.05, 0) is 43.7 Å². The SMILES string of the molecule is C=C1CC(CCCCCCCCCCc2ccc(C)c(O)c2O)OC1=O. The second-order valence-corrected chi connectivity index (χ2v) is 7.44. The summed E-state index contributed by atoms with van der Waals surface area (Å²) < 4.78 is 5.23. The molecule has 1 atom stereocenters. The average Bonchev–Trinajstić information content (AvgIpc) is 2.94. The van der Waals surface area contributed by atoms with E-state index in [1.165, 1.54) is 32.1 Å². The normalized spacial score (nSPS) is 16.9. The van der Waals surface area contributed by atoms with Gasteiger partial charge < -0.3 is 14.9 Å². The minimum absolute atomic E-state index is 0.0131. The van der Waals surface area contributed by atoms with Gasteiger partial charge in [-0.3, -0.25) is 0 Å². The zero-order valence-electron chi connectivity index (χ0n) is 15.9. The molecule has 2 N–H and O–H groups in total. The number of unbranched alkanes of at least 4 members (excludes halogenated alkanes) is 7. The summed E-state index contributed by atoms with van der Waals surface area (Å²) >= 11 is 0. The van der Waals surface area contributed by atoms with Crippen LogP contribution in [0.3, 0.4) is 0 Å². The molecule has 4 nitrogen and oxygen atoms in total. The molecule has 0 radical (unpaired) electrons. The van der Waals surface area contributed by atoms with Gasteiger partial charge in [0, 0.05) is 12.0 Å². The first-order valence-electron chi connectivity index (χ1n) is 9.88. The molecule has 1 heterocycles. The van der Waals surface area contributed by atoms with Gasteiger partial charge >= 0.3 is 5.97 Å². The van der Waals surface area contributed by atoms with E-state index in [0.29, 0.717) is 17.6 Å². The first-order chi connectivity index (χ1) is 12.5. The van der Waals surface area contributed by atoms with Crippen molar-refractivity contribution in [2.75, 3.05) is 0 Å². The first-order valence-corrected chi connectivity index (χ1v) is 9.88. The van der Waals surface area contributed by atoms with Crippen molar-refractivity contribution in [3.05, 3.63) is 35.4 Å². The van der Waals surface area contributed by atoms with Crippen LogP contribution in [0, 0.1) is 6.92 Å². The molecule has 1 saturated heterocycles. The summed E-state index contributed by atoms with van der Waals surface area (Å²) in [6, 6.07) is 3.76. The fourth-order valence-electron chi connectivity index (χ4n) is 3.47. The molecule has 0 aliphatic carbocycles. The number of carbonyl (C=O) groups excluding carboxylic acids is 1. The highest BCUT2D eigenvalue weighted by atomic mass is 16.5. The minimum Gasteiger partial charge on any atom is -0.504 e. The van der Waals surface area contributed by atoms with E-state index in [2.05, 4.69) is 6.58 Å². The maximum Gasteiger partial charge on any atom is 0.333 e. The Kier molecular flexibility index (Phi) is 8.02. The molecule has 1 fully saturated rings. The topological polar surface area (TPSA) is 66.8 Å². The summed E-state index contributed by atoms with van der Waals surface area (Å²) in [4.78, 5) is 11.2. The number of aromatic hydroxyl groups is 2. The largest absolute Gasteiger partial charge is 0.504 e. The fraction of sp³-hybridized carbons (Fsp3) is 0.591.